The lowest BCUT2D eigenvalue weighted by Gasteiger charge is -2.01. The Bertz CT molecular complexity index is 802. The number of anilines is 1. The van der Waals surface area contributed by atoms with E-state index in [4.69, 9.17) is 5.73 Å². The van der Waals surface area contributed by atoms with Crippen LogP contribution in [0.1, 0.15) is 19.0 Å². The number of rotatable bonds is 4. The molecule has 0 saturated heterocycles. The summed E-state index contributed by atoms with van der Waals surface area (Å²) in [6.45, 7) is 2.06. The Morgan fingerprint density at radius 2 is 2.10 bits per heavy atom. The summed E-state index contributed by atoms with van der Waals surface area (Å²) in [7, 11) is 0. The van der Waals surface area contributed by atoms with Crippen LogP contribution in [0.3, 0.4) is 0 Å². The summed E-state index contributed by atoms with van der Waals surface area (Å²) in [4.78, 5) is 10.3. The Balaban J connectivity index is 2.13. The van der Waals surface area contributed by atoms with E-state index in [2.05, 4.69) is 22.2 Å². The summed E-state index contributed by atoms with van der Waals surface area (Å²) in [5.74, 6) is 0.488. The van der Waals surface area contributed by atoms with Gasteiger partial charge in [-0.15, -0.1) is 0 Å². The number of non-ortho nitro benzene ring substituents is 1. The summed E-state index contributed by atoms with van der Waals surface area (Å²) in [6.07, 6.45) is 1.73. The van der Waals surface area contributed by atoms with Crippen LogP contribution in [0.25, 0.3) is 16.7 Å². The Labute approximate surface area is 119 Å². The fourth-order valence-corrected chi connectivity index (χ4v) is 2.31. The Morgan fingerprint density at radius 3 is 2.71 bits per heavy atom. The average molecular weight is 286 g/mol. The van der Waals surface area contributed by atoms with Gasteiger partial charge in [0.15, 0.2) is 5.65 Å². The van der Waals surface area contributed by atoms with E-state index in [0.29, 0.717) is 17.2 Å². The van der Waals surface area contributed by atoms with E-state index in [9.17, 15) is 10.1 Å². The summed E-state index contributed by atoms with van der Waals surface area (Å²) in [5.41, 5.74) is 8.15. The van der Waals surface area contributed by atoms with Crippen molar-refractivity contribution in [3.63, 3.8) is 0 Å². The molecule has 0 saturated carbocycles. The second-order valence-electron chi connectivity index (χ2n) is 4.72. The number of hydrogen-bond donors (Lipinski definition) is 2. The van der Waals surface area contributed by atoms with Crippen molar-refractivity contribution in [2.45, 2.75) is 19.8 Å². The van der Waals surface area contributed by atoms with Gasteiger partial charge in [-0.1, -0.05) is 13.3 Å². The first-order valence-electron chi connectivity index (χ1n) is 6.58. The van der Waals surface area contributed by atoms with Crippen molar-refractivity contribution >= 4 is 22.5 Å². The molecule has 2 heterocycles. The van der Waals surface area contributed by atoms with Gasteiger partial charge in [0, 0.05) is 12.1 Å². The van der Waals surface area contributed by atoms with Crippen molar-refractivity contribution in [1.29, 1.82) is 0 Å². The topological polar surface area (TPSA) is 116 Å². The molecule has 0 bridgehead atoms. The molecule has 0 aliphatic heterocycles. The minimum atomic E-state index is -0.433. The number of nitro groups is 1. The highest BCUT2D eigenvalue weighted by atomic mass is 16.6. The van der Waals surface area contributed by atoms with Gasteiger partial charge in [0.25, 0.3) is 5.69 Å². The van der Waals surface area contributed by atoms with E-state index in [0.717, 1.165) is 23.9 Å². The number of nitro benzene ring substituents is 1. The molecular formula is C13H14N6O2. The van der Waals surface area contributed by atoms with E-state index in [1.807, 2.05) is 0 Å². The van der Waals surface area contributed by atoms with Crippen molar-refractivity contribution < 1.29 is 4.92 Å². The maximum absolute atomic E-state index is 10.7. The highest BCUT2D eigenvalue weighted by molar-refractivity contribution is 5.89. The van der Waals surface area contributed by atoms with Gasteiger partial charge < -0.3 is 5.73 Å². The first-order chi connectivity index (χ1) is 10.1. The zero-order valence-corrected chi connectivity index (χ0v) is 11.4. The fraction of sp³-hybridized carbons (Fsp3) is 0.231. The Morgan fingerprint density at radius 1 is 1.38 bits per heavy atom. The number of aromatic nitrogens is 4. The highest BCUT2D eigenvalue weighted by Crippen LogP contribution is 2.26. The van der Waals surface area contributed by atoms with Crippen LogP contribution < -0.4 is 5.73 Å². The molecule has 0 spiro atoms. The summed E-state index contributed by atoms with van der Waals surface area (Å²) in [6, 6.07) is 6.17. The van der Waals surface area contributed by atoms with Crippen LogP contribution >= 0.6 is 0 Å². The second-order valence-corrected chi connectivity index (χ2v) is 4.72. The average Bonchev–Trinajstić information content (AvgIpc) is 3.02. The van der Waals surface area contributed by atoms with Gasteiger partial charge in [-0.3, -0.25) is 15.2 Å². The smallest absolute Gasteiger partial charge is 0.269 e. The minimum Gasteiger partial charge on any atom is -0.383 e. The fourth-order valence-electron chi connectivity index (χ4n) is 2.31. The lowest BCUT2D eigenvalue weighted by molar-refractivity contribution is -0.384. The summed E-state index contributed by atoms with van der Waals surface area (Å²) < 4.78 is 1.65. The van der Waals surface area contributed by atoms with Crippen molar-refractivity contribution in [2.24, 2.45) is 0 Å². The predicted molar refractivity (Wildman–Crippen MR) is 78.3 cm³/mol. The monoisotopic (exact) mass is 286 g/mol. The predicted octanol–water partition coefficient (Wildman–Crippen LogP) is 2.19. The normalized spacial score (nSPS) is 11.1. The van der Waals surface area contributed by atoms with E-state index < -0.39 is 4.92 Å². The second kappa shape index (κ2) is 4.89. The van der Waals surface area contributed by atoms with Crippen molar-refractivity contribution in [3.8, 4) is 5.69 Å². The first-order valence-corrected chi connectivity index (χ1v) is 6.58. The standard InChI is InChI=1S/C13H14N6O2/c1-2-3-10-11-12(14)15-16-13(11)18(17-10)8-4-6-9(7-5-8)19(20)21/h4-7H,2-3H2,1H3,(H3,14,15,16). The van der Waals surface area contributed by atoms with Crippen LogP contribution in [-0.4, -0.2) is 24.9 Å². The molecule has 0 aliphatic rings. The molecular weight excluding hydrogens is 272 g/mol. The number of benzene rings is 1. The van der Waals surface area contributed by atoms with Gasteiger partial charge >= 0.3 is 0 Å². The molecule has 1 aromatic carbocycles. The van der Waals surface area contributed by atoms with Crippen molar-refractivity contribution in [2.75, 3.05) is 5.73 Å². The molecule has 2 aromatic heterocycles. The number of nitrogens with zero attached hydrogens (tertiary/aromatic N) is 4. The zero-order valence-electron chi connectivity index (χ0n) is 11.4. The van der Waals surface area contributed by atoms with Crippen LogP contribution in [0, 0.1) is 10.1 Å². The maximum Gasteiger partial charge on any atom is 0.269 e. The maximum atomic E-state index is 10.7. The molecule has 0 atom stereocenters. The van der Waals surface area contributed by atoms with Crippen LogP contribution in [0.2, 0.25) is 0 Å². The van der Waals surface area contributed by atoms with Crippen LogP contribution in [0.5, 0.6) is 0 Å². The number of hydrogen-bond acceptors (Lipinski definition) is 5. The van der Waals surface area contributed by atoms with Crippen LogP contribution in [0.4, 0.5) is 11.5 Å². The van der Waals surface area contributed by atoms with Crippen LogP contribution in [-0.2, 0) is 6.42 Å². The van der Waals surface area contributed by atoms with Crippen molar-refractivity contribution in [1.82, 2.24) is 20.0 Å². The molecule has 21 heavy (non-hydrogen) atoms. The van der Waals surface area contributed by atoms with Gasteiger partial charge in [-0.2, -0.15) is 10.2 Å². The van der Waals surface area contributed by atoms with Gasteiger partial charge in [0.1, 0.15) is 5.82 Å². The SMILES string of the molecule is CCCc1nn(-c2ccc([N+](=O)[O-])cc2)c2n[nH]c(N)c12. The molecule has 3 aromatic rings. The zero-order chi connectivity index (χ0) is 15.0. The highest BCUT2D eigenvalue weighted by Gasteiger charge is 2.17. The van der Waals surface area contributed by atoms with E-state index >= 15 is 0 Å². The summed E-state index contributed by atoms with van der Waals surface area (Å²) in [5, 5.41) is 23.0. The molecule has 8 nitrogen and oxygen atoms in total. The lowest BCUT2D eigenvalue weighted by Crippen LogP contribution is -1.99. The molecule has 3 rings (SSSR count). The number of aryl methyl sites for hydroxylation is 1. The molecule has 0 amide bonds. The van der Waals surface area contributed by atoms with E-state index in [-0.39, 0.29) is 5.69 Å². The van der Waals surface area contributed by atoms with Gasteiger partial charge in [0.05, 0.1) is 21.7 Å². The molecule has 0 radical (unpaired) electrons. The molecule has 3 N–H and O–H groups in total. The quantitative estimate of drug-likeness (QED) is 0.563. The Kier molecular flexibility index (Phi) is 3.05. The molecule has 0 fully saturated rings. The third-order valence-electron chi connectivity index (χ3n) is 3.28. The van der Waals surface area contributed by atoms with Gasteiger partial charge in [0.2, 0.25) is 0 Å². The minimum absolute atomic E-state index is 0.0393. The number of nitrogens with one attached hydrogen (secondary N) is 1. The molecule has 8 heteroatoms. The molecule has 108 valence electrons. The third-order valence-corrected chi connectivity index (χ3v) is 3.28. The lowest BCUT2D eigenvalue weighted by atomic mass is 10.2. The Hall–Kier alpha value is -2.90. The van der Waals surface area contributed by atoms with Crippen molar-refractivity contribution in [3.05, 3.63) is 40.1 Å². The number of nitrogen functional groups attached to an aromatic ring is 1. The van der Waals surface area contributed by atoms with Crippen LogP contribution in [0.15, 0.2) is 24.3 Å². The van der Waals surface area contributed by atoms with E-state index in [1.54, 1.807) is 16.8 Å². The number of nitrogens with two attached hydrogens (primary N) is 1. The largest absolute Gasteiger partial charge is 0.383 e. The summed E-state index contributed by atoms with van der Waals surface area (Å²) >= 11 is 0. The third kappa shape index (κ3) is 2.10. The molecule has 0 unspecified atom stereocenters. The number of H-pyrrole nitrogens is 1. The number of fused-ring (bicyclic) bond motifs is 1. The van der Waals surface area contributed by atoms with Gasteiger partial charge in [-0.05, 0) is 18.6 Å². The van der Waals surface area contributed by atoms with Gasteiger partial charge in [-0.25, -0.2) is 4.68 Å². The number of aromatic amines is 1. The molecule has 0 aliphatic carbocycles. The van der Waals surface area contributed by atoms with E-state index in [1.165, 1.54) is 12.1 Å². The first kappa shape index (κ1) is 13.1.